The lowest BCUT2D eigenvalue weighted by molar-refractivity contribution is 0.482. The molecule has 0 amide bonds. The van der Waals surface area contributed by atoms with Gasteiger partial charge in [-0.1, -0.05) is 19.9 Å². The molecule has 0 aliphatic carbocycles. The summed E-state index contributed by atoms with van der Waals surface area (Å²) in [7, 11) is 0. The van der Waals surface area contributed by atoms with Crippen LogP contribution >= 0.6 is 0 Å². The van der Waals surface area contributed by atoms with Gasteiger partial charge >= 0.3 is 0 Å². The number of nitrogens with two attached hydrogens (primary N) is 2. The Morgan fingerprint density at radius 3 is 2.33 bits per heavy atom. The summed E-state index contributed by atoms with van der Waals surface area (Å²) >= 11 is 0. The predicted octanol–water partition coefficient (Wildman–Crippen LogP) is 3.77. The predicted molar refractivity (Wildman–Crippen MR) is 75.9 cm³/mol. The molecule has 2 rings (SSSR count). The van der Waals surface area contributed by atoms with Gasteiger partial charge in [0.1, 0.15) is 11.5 Å². The average molecular weight is 242 g/mol. The SMILES string of the molecule is CC(C)c1cc(Oc2cccc(N)c2)ccc1N. The van der Waals surface area contributed by atoms with Gasteiger partial charge in [0.25, 0.3) is 0 Å². The standard InChI is InChI=1S/C15H18N2O/c1-10(2)14-9-13(6-7-15(14)17)18-12-5-3-4-11(16)8-12/h3-10H,16-17H2,1-2H3. The Morgan fingerprint density at radius 1 is 0.944 bits per heavy atom. The van der Waals surface area contributed by atoms with E-state index in [1.165, 1.54) is 0 Å². The van der Waals surface area contributed by atoms with Gasteiger partial charge in [0, 0.05) is 17.4 Å². The van der Waals surface area contributed by atoms with Crippen molar-refractivity contribution in [2.24, 2.45) is 0 Å². The van der Waals surface area contributed by atoms with E-state index >= 15 is 0 Å². The maximum absolute atomic E-state index is 5.93. The fraction of sp³-hybridized carbons (Fsp3) is 0.200. The van der Waals surface area contributed by atoms with Crippen molar-refractivity contribution < 1.29 is 4.74 Å². The van der Waals surface area contributed by atoms with Gasteiger partial charge in [-0.05, 0) is 41.8 Å². The average Bonchev–Trinajstić information content (AvgIpc) is 2.31. The number of anilines is 2. The third-order valence-corrected chi connectivity index (χ3v) is 2.77. The van der Waals surface area contributed by atoms with Crippen LogP contribution in [0.25, 0.3) is 0 Å². The van der Waals surface area contributed by atoms with E-state index in [4.69, 9.17) is 16.2 Å². The molecule has 0 unspecified atom stereocenters. The van der Waals surface area contributed by atoms with Crippen LogP contribution in [0.3, 0.4) is 0 Å². The normalized spacial score (nSPS) is 10.6. The van der Waals surface area contributed by atoms with Gasteiger partial charge in [-0.2, -0.15) is 0 Å². The molecule has 0 aliphatic heterocycles. The van der Waals surface area contributed by atoms with Crippen molar-refractivity contribution in [1.82, 2.24) is 0 Å². The van der Waals surface area contributed by atoms with Gasteiger partial charge in [-0.15, -0.1) is 0 Å². The second kappa shape index (κ2) is 5.00. The summed E-state index contributed by atoms with van der Waals surface area (Å²) in [4.78, 5) is 0. The molecule has 0 aliphatic rings. The molecule has 0 atom stereocenters. The lowest BCUT2D eigenvalue weighted by Crippen LogP contribution is -1.97. The number of nitrogen functional groups attached to an aromatic ring is 2. The first-order chi connectivity index (χ1) is 8.56. The lowest BCUT2D eigenvalue weighted by atomic mass is 10.0. The minimum absolute atomic E-state index is 0.370. The number of ether oxygens (including phenoxy) is 1. The molecular formula is C15H18N2O. The molecule has 0 spiro atoms. The Balaban J connectivity index is 2.27. The Morgan fingerprint density at radius 2 is 1.67 bits per heavy atom. The maximum Gasteiger partial charge on any atom is 0.129 e. The summed E-state index contributed by atoms with van der Waals surface area (Å²) < 4.78 is 5.77. The molecule has 0 saturated heterocycles. The van der Waals surface area contributed by atoms with Gasteiger partial charge in [-0.3, -0.25) is 0 Å². The molecular weight excluding hydrogens is 224 g/mol. The van der Waals surface area contributed by atoms with E-state index in [0.717, 1.165) is 22.7 Å². The summed E-state index contributed by atoms with van der Waals surface area (Å²) in [5, 5.41) is 0. The van der Waals surface area contributed by atoms with Crippen molar-refractivity contribution in [3.05, 3.63) is 48.0 Å². The monoisotopic (exact) mass is 242 g/mol. The largest absolute Gasteiger partial charge is 0.457 e. The number of hydrogen-bond acceptors (Lipinski definition) is 3. The highest BCUT2D eigenvalue weighted by atomic mass is 16.5. The molecule has 0 aromatic heterocycles. The summed E-state index contributed by atoms with van der Waals surface area (Å²) in [5.74, 6) is 1.88. The van der Waals surface area contributed by atoms with Crippen LogP contribution in [-0.4, -0.2) is 0 Å². The number of hydrogen-bond donors (Lipinski definition) is 2. The number of rotatable bonds is 3. The molecule has 0 heterocycles. The van der Waals surface area contributed by atoms with Crippen molar-refractivity contribution in [2.75, 3.05) is 11.5 Å². The van der Waals surface area contributed by atoms with Crippen molar-refractivity contribution in [1.29, 1.82) is 0 Å². The minimum Gasteiger partial charge on any atom is -0.457 e. The van der Waals surface area contributed by atoms with E-state index < -0.39 is 0 Å². The topological polar surface area (TPSA) is 61.3 Å². The first-order valence-corrected chi connectivity index (χ1v) is 5.99. The molecule has 0 radical (unpaired) electrons. The van der Waals surface area contributed by atoms with Gasteiger partial charge in [0.05, 0.1) is 0 Å². The van der Waals surface area contributed by atoms with E-state index in [1.54, 1.807) is 6.07 Å². The van der Waals surface area contributed by atoms with Crippen LogP contribution in [0.1, 0.15) is 25.3 Å². The molecule has 94 valence electrons. The molecule has 0 bridgehead atoms. The third kappa shape index (κ3) is 2.74. The van der Waals surface area contributed by atoms with Crippen LogP contribution in [0.15, 0.2) is 42.5 Å². The molecule has 0 saturated carbocycles. The summed E-state index contributed by atoms with van der Waals surface area (Å²) in [6.45, 7) is 4.21. The first kappa shape index (κ1) is 12.3. The number of benzene rings is 2. The van der Waals surface area contributed by atoms with Crippen LogP contribution in [0.4, 0.5) is 11.4 Å². The Labute approximate surface area is 107 Å². The summed E-state index contributed by atoms with van der Waals surface area (Å²) in [6.07, 6.45) is 0. The molecule has 4 N–H and O–H groups in total. The molecule has 3 heteroatoms. The van der Waals surface area contributed by atoms with E-state index in [0.29, 0.717) is 11.6 Å². The van der Waals surface area contributed by atoms with E-state index in [1.807, 2.05) is 36.4 Å². The Hall–Kier alpha value is -2.16. The zero-order valence-corrected chi connectivity index (χ0v) is 10.7. The molecule has 3 nitrogen and oxygen atoms in total. The van der Waals surface area contributed by atoms with Crippen molar-refractivity contribution in [3.63, 3.8) is 0 Å². The second-order valence-corrected chi connectivity index (χ2v) is 4.62. The molecule has 0 fully saturated rings. The smallest absolute Gasteiger partial charge is 0.129 e. The van der Waals surface area contributed by atoms with Crippen LogP contribution in [-0.2, 0) is 0 Å². The quantitative estimate of drug-likeness (QED) is 0.805. The van der Waals surface area contributed by atoms with Crippen LogP contribution in [0.5, 0.6) is 11.5 Å². The highest BCUT2D eigenvalue weighted by Crippen LogP contribution is 2.29. The summed E-state index contributed by atoms with van der Waals surface area (Å²) in [6, 6.07) is 13.1. The maximum atomic E-state index is 5.93. The minimum atomic E-state index is 0.370. The summed E-state index contributed by atoms with van der Waals surface area (Å²) in [5.41, 5.74) is 14.2. The molecule has 18 heavy (non-hydrogen) atoms. The van der Waals surface area contributed by atoms with Crippen molar-refractivity contribution >= 4 is 11.4 Å². The first-order valence-electron chi connectivity index (χ1n) is 5.99. The molecule has 2 aromatic rings. The van der Waals surface area contributed by atoms with Crippen LogP contribution in [0.2, 0.25) is 0 Å². The zero-order chi connectivity index (χ0) is 13.1. The molecule has 2 aromatic carbocycles. The van der Waals surface area contributed by atoms with Crippen molar-refractivity contribution in [2.45, 2.75) is 19.8 Å². The Bertz CT molecular complexity index is 550. The zero-order valence-electron chi connectivity index (χ0n) is 10.7. The fourth-order valence-corrected chi connectivity index (χ4v) is 1.83. The van der Waals surface area contributed by atoms with Gasteiger partial charge < -0.3 is 16.2 Å². The lowest BCUT2D eigenvalue weighted by Gasteiger charge is -2.12. The highest BCUT2D eigenvalue weighted by molar-refractivity contribution is 5.53. The highest BCUT2D eigenvalue weighted by Gasteiger charge is 2.06. The van der Waals surface area contributed by atoms with E-state index in [-0.39, 0.29) is 0 Å². The van der Waals surface area contributed by atoms with Gasteiger partial charge in [0.2, 0.25) is 0 Å². The second-order valence-electron chi connectivity index (χ2n) is 4.62. The van der Waals surface area contributed by atoms with Gasteiger partial charge in [-0.25, -0.2) is 0 Å². The fourth-order valence-electron chi connectivity index (χ4n) is 1.83. The van der Waals surface area contributed by atoms with Gasteiger partial charge in [0.15, 0.2) is 0 Å². The third-order valence-electron chi connectivity index (χ3n) is 2.77. The van der Waals surface area contributed by atoms with Crippen LogP contribution in [0, 0.1) is 0 Å². The Kier molecular flexibility index (Phi) is 3.42. The van der Waals surface area contributed by atoms with E-state index in [9.17, 15) is 0 Å². The van der Waals surface area contributed by atoms with Crippen LogP contribution < -0.4 is 16.2 Å². The van der Waals surface area contributed by atoms with E-state index in [2.05, 4.69) is 13.8 Å². The van der Waals surface area contributed by atoms with Crippen molar-refractivity contribution in [3.8, 4) is 11.5 Å².